The predicted molar refractivity (Wildman–Crippen MR) is 63.0 cm³/mol. The molecule has 3 nitrogen and oxygen atoms in total. The smallest absolute Gasteiger partial charge is 0.331 e. The number of hydrogen-bond donors (Lipinski definition) is 1. The maximum absolute atomic E-state index is 10.7. The normalized spacial score (nSPS) is 11.7. The van der Waals surface area contributed by atoms with Crippen molar-refractivity contribution in [1.82, 2.24) is 4.98 Å². The van der Waals surface area contributed by atoms with E-state index in [4.69, 9.17) is 5.11 Å². The van der Waals surface area contributed by atoms with E-state index >= 15 is 0 Å². The zero-order valence-corrected chi connectivity index (χ0v) is 8.84. The maximum Gasteiger partial charge on any atom is 0.331 e. The Labute approximate surface area is 93.1 Å². The SMILES string of the molecule is CC(=Cc1ccc2ccccc2n1)C(=O)O. The van der Waals surface area contributed by atoms with E-state index in [1.807, 2.05) is 36.4 Å². The van der Waals surface area contributed by atoms with Gasteiger partial charge in [-0.2, -0.15) is 0 Å². The number of rotatable bonds is 2. The van der Waals surface area contributed by atoms with Crippen molar-refractivity contribution in [1.29, 1.82) is 0 Å². The van der Waals surface area contributed by atoms with Crippen molar-refractivity contribution < 1.29 is 9.90 Å². The van der Waals surface area contributed by atoms with Crippen LogP contribution in [-0.2, 0) is 4.79 Å². The van der Waals surface area contributed by atoms with Crippen LogP contribution in [0.25, 0.3) is 17.0 Å². The number of carboxylic acids is 1. The van der Waals surface area contributed by atoms with Crippen LogP contribution in [0.15, 0.2) is 42.0 Å². The van der Waals surface area contributed by atoms with E-state index in [9.17, 15) is 4.79 Å². The van der Waals surface area contributed by atoms with Gasteiger partial charge in [0, 0.05) is 11.0 Å². The first kappa shape index (κ1) is 10.4. The molecule has 0 fully saturated rings. The van der Waals surface area contributed by atoms with Crippen molar-refractivity contribution in [3.05, 3.63) is 47.7 Å². The molecule has 16 heavy (non-hydrogen) atoms. The van der Waals surface area contributed by atoms with Crippen LogP contribution in [0.5, 0.6) is 0 Å². The first-order valence-corrected chi connectivity index (χ1v) is 4.94. The van der Waals surface area contributed by atoms with Crippen LogP contribution in [0.4, 0.5) is 0 Å². The van der Waals surface area contributed by atoms with Crippen LogP contribution in [0, 0.1) is 0 Å². The fourth-order valence-corrected chi connectivity index (χ4v) is 1.45. The molecule has 0 unspecified atom stereocenters. The summed E-state index contributed by atoms with van der Waals surface area (Å²) in [6.45, 7) is 1.55. The van der Waals surface area contributed by atoms with Crippen LogP contribution in [0.3, 0.4) is 0 Å². The van der Waals surface area contributed by atoms with Crippen LogP contribution in [0.2, 0.25) is 0 Å². The largest absolute Gasteiger partial charge is 0.478 e. The molecular weight excluding hydrogens is 202 g/mol. The molecule has 1 heterocycles. The highest BCUT2D eigenvalue weighted by atomic mass is 16.4. The zero-order valence-electron chi connectivity index (χ0n) is 8.84. The topological polar surface area (TPSA) is 50.2 Å². The van der Waals surface area contributed by atoms with Gasteiger partial charge in [-0.15, -0.1) is 0 Å². The highest BCUT2D eigenvalue weighted by Crippen LogP contribution is 2.13. The van der Waals surface area contributed by atoms with Gasteiger partial charge in [-0.3, -0.25) is 0 Å². The van der Waals surface area contributed by atoms with Gasteiger partial charge < -0.3 is 5.11 Å². The summed E-state index contributed by atoms with van der Waals surface area (Å²) in [4.78, 5) is 15.0. The van der Waals surface area contributed by atoms with Gasteiger partial charge in [-0.25, -0.2) is 9.78 Å². The monoisotopic (exact) mass is 213 g/mol. The van der Waals surface area contributed by atoms with Crippen LogP contribution < -0.4 is 0 Å². The second-order valence-corrected chi connectivity index (χ2v) is 3.56. The number of aromatic nitrogens is 1. The average molecular weight is 213 g/mol. The molecule has 1 N–H and O–H groups in total. The molecule has 2 aromatic rings. The molecule has 0 aliphatic rings. The third kappa shape index (κ3) is 2.08. The first-order chi connectivity index (χ1) is 7.66. The van der Waals surface area contributed by atoms with Gasteiger partial charge in [0.1, 0.15) is 0 Å². The number of carbonyl (C=O) groups is 1. The van der Waals surface area contributed by atoms with Gasteiger partial charge in [0.15, 0.2) is 0 Å². The summed E-state index contributed by atoms with van der Waals surface area (Å²) in [5.41, 5.74) is 1.82. The lowest BCUT2D eigenvalue weighted by atomic mass is 10.2. The van der Waals surface area contributed by atoms with E-state index in [-0.39, 0.29) is 5.57 Å². The quantitative estimate of drug-likeness (QED) is 0.780. The molecule has 0 spiro atoms. The summed E-state index contributed by atoms with van der Waals surface area (Å²) in [6.07, 6.45) is 1.56. The van der Waals surface area contributed by atoms with Crippen molar-refractivity contribution in [3.8, 4) is 0 Å². The molecule has 2 rings (SSSR count). The van der Waals surface area contributed by atoms with Crippen molar-refractivity contribution in [3.63, 3.8) is 0 Å². The predicted octanol–water partition coefficient (Wildman–Crippen LogP) is 2.72. The van der Waals surface area contributed by atoms with Crippen molar-refractivity contribution in [2.24, 2.45) is 0 Å². The van der Waals surface area contributed by atoms with Crippen LogP contribution >= 0.6 is 0 Å². The molecule has 0 saturated heterocycles. The Bertz CT molecular complexity index is 573. The molecule has 0 radical (unpaired) electrons. The van der Waals surface area contributed by atoms with E-state index in [0.717, 1.165) is 10.9 Å². The minimum Gasteiger partial charge on any atom is -0.478 e. The molecule has 0 atom stereocenters. The number of fused-ring (bicyclic) bond motifs is 1. The van der Waals surface area contributed by atoms with E-state index < -0.39 is 5.97 Å². The number of pyridine rings is 1. The maximum atomic E-state index is 10.7. The zero-order chi connectivity index (χ0) is 11.5. The second kappa shape index (κ2) is 4.14. The van der Waals surface area contributed by atoms with E-state index in [1.54, 1.807) is 13.0 Å². The van der Waals surface area contributed by atoms with Crippen molar-refractivity contribution in [2.75, 3.05) is 0 Å². The molecule has 0 bridgehead atoms. The Morgan fingerprint density at radius 1 is 1.25 bits per heavy atom. The van der Waals surface area contributed by atoms with Gasteiger partial charge in [0.05, 0.1) is 11.2 Å². The molecule has 1 aromatic carbocycles. The Hall–Kier alpha value is -2.16. The lowest BCUT2D eigenvalue weighted by Gasteiger charge is -1.99. The summed E-state index contributed by atoms with van der Waals surface area (Å²) in [5.74, 6) is -0.921. The first-order valence-electron chi connectivity index (χ1n) is 4.94. The van der Waals surface area contributed by atoms with Gasteiger partial charge in [-0.1, -0.05) is 24.3 Å². The van der Waals surface area contributed by atoms with Crippen molar-refractivity contribution in [2.45, 2.75) is 6.92 Å². The van der Waals surface area contributed by atoms with E-state index in [2.05, 4.69) is 4.98 Å². The molecule has 0 aliphatic heterocycles. The highest BCUT2D eigenvalue weighted by molar-refractivity contribution is 5.91. The number of nitrogens with zero attached hydrogens (tertiary/aromatic N) is 1. The van der Waals surface area contributed by atoms with Crippen LogP contribution in [-0.4, -0.2) is 16.1 Å². The number of aliphatic carboxylic acids is 1. The minimum atomic E-state index is -0.921. The summed E-state index contributed by atoms with van der Waals surface area (Å²) in [7, 11) is 0. The van der Waals surface area contributed by atoms with Gasteiger partial charge >= 0.3 is 5.97 Å². The number of carboxylic acid groups (broad SMARTS) is 1. The van der Waals surface area contributed by atoms with Crippen LogP contribution in [0.1, 0.15) is 12.6 Å². The molecule has 1 aromatic heterocycles. The van der Waals surface area contributed by atoms with Gasteiger partial charge in [-0.05, 0) is 25.1 Å². The fraction of sp³-hybridized carbons (Fsp3) is 0.0769. The standard InChI is InChI=1S/C13H11NO2/c1-9(13(15)16)8-11-7-6-10-4-2-3-5-12(10)14-11/h2-8H,1H3,(H,15,16). The summed E-state index contributed by atoms with van der Waals surface area (Å²) < 4.78 is 0. The minimum absolute atomic E-state index is 0.280. The molecule has 3 heteroatoms. The summed E-state index contributed by atoms with van der Waals surface area (Å²) in [6, 6.07) is 11.5. The molecule has 0 aliphatic carbocycles. The summed E-state index contributed by atoms with van der Waals surface area (Å²) >= 11 is 0. The fourth-order valence-electron chi connectivity index (χ4n) is 1.45. The number of benzene rings is 1. The Morgan fingerprint density at radius 3 is 2.75 bits per heavy atom. The Balaban J connectivity index is 2.47. The molecule has 80 valence electrons. The Kier molecular flexibility index (Phi) is 2.68. The lowest BCUT2D eigenvalue weighted by molar-refractivity contribution is -0.132. The van der Waals surface area contributed by atoms with Gasteiger partial charge in [0.2, 0.25) is 0 Å². The van der Waals surface area contributed by atoms with Crippen molar-refractivity contribution >= 4 is 22.9 Å². The third-order valence-electron chi connectivity index (χ3n) is 2.32. The highest BCUT2D eigenvalue weighted by Gasteiger charge is 2.01. The lowest BCUT2D eigenvalue weighted by Crippen LogP contribution is -1.96. The Morgan fingerprint density at radius 2 is 2.00 bits per heavy atom. The van der Waals surface area contributed by atoms with E-state index in [0.29, 0.717) is 5.69 Å². The molecular formula is C13H11NO2. The number of para-hydroxylation sites is 1. The average Bonchev–Trinajstić information content (AvgIpc) is 2.28. The number of hydrogen-bond acceptors (Lipinski definition) is 2. The molecule has 0 amide bonds. The molecule has 0 saturated carbocycles. The summed E-state index contributed by atoms with van der Waals surface area (Å²) in [5, 5.41) is 9.81. The van der Waals surface area contributed by atoms with E-state index in [1.165, 1.54) is 0 Å². The third-order valence-corrected chi connectivity index (χ3v) is 2.32. The second-order valence-electron chi connectivity index (χ2n) is 3.56. The van der Waals surface area contributed by atoms with Gasteiger partial charge in [0.25, 0.3) is 0 Å².